The first-order chi connectivity index (χ1) is 11.9. The van der Waals surface area contributed by atoms with Gasteiger partial charge in [-0.2, -0.15) is 0 Å². The van der Waals surface area contributed by atoms with Crippen LogP contribution in [-0.2, 0) is 11.2 Å². The third-order valence-corrected chi connectivity index (χ3v) is 4.67. The van der Waals surface area contributed by atoms with Crippen LogP contribution >= 0.6 is 0 Å². The van der Waals surface area contributed by atoms with E-state index in [1.807, 2.05) is 45.2 Å². The molecule has 1 aliphatic carbocycles. The monoisotopic (exact) mass is 341 g/mol. The molecule has 2 heterocycles. The molecule has 1 aromatic carbocycles. The molecule has 25 heavy (non-hydrogen) atoms. The number of carbonyl (C=O) groups excluding carboxylic acids is 1. The van der Waals surface area contributed by atoms with Crippen LogP contribution in [-0.4, -0.2) is 23.1 Å². The minimum absolute atomic E-state index is 0.153. The molecule has 2 aliphatic rings. The highest BCUT2D eigenvalue weighted by atomic mass is 16.7. The lowest BCUT2D eigenvalue weighted by Gasteiger charge is -2.27. The van der Waals surface area contributed by atoms with Crippen molar-refractivity contribution in [2.45, 2.75) is 51.6 Å². The van der Waals surface area contributed by atoms with Gasteiger partial charge in [0, 0.05) is 17.8 Å². The Morgan fingerprint density at radius 3 is 2.80 bits per heavy atom. The first kappa shape index (κ1) is 16.1. The molecule has 0 radical (unpaired) electrons. The van der Waals surface area contributed by atoms with E-state index >= 15 is 0 Å². The molecule has 1 atom stereocenters. The summed E-state index contributed by atoms with van der Waals surface area (Å²) in [7, 11) is 0. The summed E-state index contributed by atoms with van der Waals surface area (Å²) >= 11 is 0. The number of nitrogens with zero attached hydrogens (tertiary/aromatic N) is 1. The average Bonchev–Trinajstić information content (AvgIpc) is 3.18. The normalized spacial score (nSPS) is 18.8. The fourth-order valence-electron chi connectivity index (χ4n) is 3.65. The Balaban J connectivity index is 1.72. The maximum Gasteiger partial charge on any atom is 0.418 e. The highest BCUT2D eigenvalue weighted by Crippen LogP contribution is 2.41. The fourth-order valence-corrected chi connectivity index (χ4v) is 3.65. The molecule has 0 amide bonds. The minimum atomic E-state index is -0.517. The number of aryl methyl sites for hydroxylation is 1. The summed E-state index contributed by atoms with van der Waals surface area (Å²) < 4.78 is 18.2. The van der Waals surface area contributed by atoms with Gasteiger partial charge < -0.3 is 14.2 Å². The van der Waals surface area contributed by atoms with Crippen molar-refractivity contribution in [3.05, 3.63) is 47.3 Å². The molecule has 2 aromatic rings. The second-order valence-corrected chi connectivity index (χ2v) is 7.63. The molecule has 132 valence electrons. The predicted octanol–water partition coefficient (Wildman–Crippen LogP) is 4.47. The van der Waals surface area contributed by atoms with Gasteiger partial charge in [-0.15, -0.1) is 0 Å². The zero-order valence-corrected chi connectivity index (χ0v) is 14.9. The van der Waals surface area contributed by atoms with Crippen molar-refractivity contribution in [1.29, 1.82) is 0 Å². The van der Waals surface area contributed by atoms with Gasteiger partial charge in [-0.1, -0.05) is 6.07 Å². The molecule has 1 aliphatic heterocycles. The molecule has 0 N–H and O–H groups in total. The molecule has 0 spiro atoms. The van der Waals surface area contributed by atoms with Crippen LogP contribution in [0.15, 0.2) is 30.5 Å². The van der Waals surface area contributed by atoms with Crippen molar-refractivity contribution in [3.8, 4) is 11.5 Å². The van der Waals surface area contributed by atoms with E-state index in [4.69, 9.17) is 14.2 Å². The van der Waals surface area contributed by atoms with E-state index in [1.165, 1.54) is 5.56 Å². The summed E-state index contributed by atoms with van der Waals surface area (Å²) in [5, 5.41) is 0. The summed E-state index contributed by atoms with van der Waals surface area (Å²) in [5.74, 6) is 1.71. The Morgan fingerprint density at radius 2 is 2.00 bits per heavy atom. The number of ether oxygens (including phenoxy) is 3. The average molecular weight is 341 g/mol. The van der Waals surface area contributed by atoms with Gasteiger partial charge in [0.1, 0.15) is 5.60 Å². The number of fused-ring (bicyclic) bond motifs is 2. The highest BCUT2D eigenvalue weighted by molar-refractivity contribution is 5.73. The van der Waals surface area contributed by atoms with Gasteiger partial charge in [0.15, 0.2) is 11.5 Å². The summed E-state index contributed by atoms with van der Waals surface area (Å²) in [4.78, 5) is 12.7. The van der Waals surface area contributed by atoms with Gasteiger partial charge in [0.25, 0.3) is 0 Å². The van der Waals surface area contributed by atoms with Crippen molar-refractivity contribution in [2.75, 3.05) is 6.79 Å². The van der Waals surface area contributed by atoms with Crippen LogP contribution in [0.1, 0.15) is 56.4 Å². The van der Waals surface area contributed by atoms with Crippen LogP contribution < -0.4 is 9.47 Å². The lowest BCUT2D eigenvalue weighted by molar-refractivity contribution is 0.0531. The van der Waals surface area contributed by atoms with E-state index < -0.39 is 5.60 Å². The fraction of sp³-hybridized carbons (Fsp3) is 0.450. The number of carbonyl (C=O) groups is 1. The molecular weight excluding hydrogens is 318 g/mol. The topological polar surface area (TPSA) is 49.7 Å². The van der Waals surface area contributed by atoms with Gasteiger partial charge >= 0.3 is 6.09 Å². The summed E-state index contributed by atoms with van der Waals surface area (Å²) in [6, 6.07) is 8.10. The van der Waals surface area contributed by atoms with Crippen LogP contribution in [0.4, 0.5) is 4.79 Å². The standard InChI is InChI=1S/C20H23NO4/c1-20(2,3)25-19(22)21-10-9-13-5-4-6-15(18(13)21)14-7-8-16-17(11-14)24-12-23-16/h7-11,15H,4-6,12H2,1-3H3. The van der Waals surface area contributed by atoms with E-state index in [9.17, 15) is 4.79 Å². The molecular formula is C20H23NO4. The Hall–Kier alpha value is -2.43. The van der Waals surface area contributed by atoms with Crippen LogP contribution in [0, 0.1) is 0 Å². The van der Waals surface area contributed by atoms with Crippen LogP contribution in [0.3, 0.4) is 0 Å². The van der Waals surface area contributed by atoms with Crippen LogP contribution in [0.2, 0.25) is 0 Å². The van der Waals surface area contributed by atoms with Crippen molar-refractivity contribution in [3.63, 3.8) is 0 Å². The van der Waals surface area contributed by atoms with Gasteiger partial charge in [0.05, 0.1) is 0 Å². The van der Waals surface area contributed by atoms with E-state index in [2.05, 4.69) is 6.07 Å². The highest BCUT2D eigenvalue weighted by Gasteiger charge is 2.30. The molecule has 0 saturated carbocycles. The summed E-state index contributed by atoms with van der Waals surface area (Å²) in [6.45, 7) is 5.92. The van der Waals surface area contributed by atoms with Gasteiger partial charge in [-0.05, 0) is 69.4 Å². The Labute approximate surface area is 147 Å². The lowest BCUT2D eigenvalue weighted by Crippen LogP contribution is -2.29. The quantitative estimate of drug-likeness (QED) is 0.768. The molecule has 0 fully saturated rings. The SMILES string of the molecule is CC(C)(C)OC(=O)n1ccc2c1C(c1ccc3c(c1)OCO3)CCC2. The second kappa shape index (κ2) is 5.83. The summed E-state index contributed by atoms with van der Waals surface area (Å²) in [5.41, 5.74) is 2.89. The minimum Gasteiger partial charge on any atom is -0.454 e. The van der Waals surface area contributed by atoms with Crippen LogP contribution in [0.5, 0.6) is 11.5 Å². The van der Waals surface area contributed by atoms with E-state index in [0.29, 0.717) is 0 Å². The number of rotatable bonds is 1. The van der Waals surface area contributed by atoms with Gasteiger partial charge in [-0.3, -0.25) is 4.57 Å². The lowest BCUT2D eigenvalue weighted by atomic mass is 9.83. The molecule has 1 unspecified atom stereocenters. The van der Waals surface area contributed by atoms with Gasteiger partial charge in [-0.25, -0.2) is 4.79 Å². The van der Waals surface area contributed by atoms with Crippen molar-refractivity contribution in [2.24, 2.45) is 0 Å². The molecule has 0 bridgehead atoms. The van der Waals surface area contributed by atoms with E-state index in [-0.39, 0.29) is 18.8 Å². The number of hydrogen-bond acceptors (Lipinski definition) is 4. The number of aromatic nitrogens is 1. The van der Waals surface area contributed by atoms with Crippen molar-refractivity contribution >= 4 is 6.09 Å². The molecule has 5 heteroatoms. The first-order valence-electron chi connectivity index (χ1n) is 8.75. The Bertz CT molecular complexity index is 816. The maximum atomic E-state index is 12.7. The largest absolute Gasteiger partial charge is 0.454 e. The number of hydrogen-bond donors (Lipinski definition) is 0. The molecule has 0 saturated heterocycles. The van der Waals surface area contributed by atoms with Crippen molar-refractivity contribution < 1.29 is 19.0 Å². The smallest absolute Gasteiger partial charge is 0.418 e. The van der Waals surface area contributed by atoms with Gasteiger partial charge in [0.2, 0.25) is 6.79 Å². The van der Waals surface area contributed by atoms with Crippen LogP contribution in [0.25, 0.3) is 0 Å². The number of benzene rings is 1. The Kier molecular flexibility index (Phi) is 3.74. The molecule has 1 aromatic heterocycles. The summed E-state index contributed by atoms with van der Waals surface area (Å²) in [6.07, 6.45) is 4.61. The zero-order valence-electron chi connectivity index (χ0n) is 14.9. The third-order valence-electron chi connectivity index (χ3n) is 4.67. The first-order valence-corrected chi connectivity index (χ1v) is 8.75. The predicted molar refractivity (Wildman–Crippen MR) is 93.4 cm³/mol. The van der Waals surface area contributed by atoms with Crippen molar-refractivity contribution in [1.82, 2.24) is 4.57 Å². The Morgan fingerprint density at radius 1 is 1.20 bits per heavy atom. The van der Waals surface area contributed by atoms with E-state index in [1.54, 1.807) is 4.57 Å². The zero-order chi connectivity index (χ0) is 17.6. The second-order valence-electron chi connectivity index (χ2n) is 7.63. The molecule has 4 rings (SSSR count). The maximum absolute atomic E-state index is 12.7. The molecule has 5 nitrogen and oxygen atoms in total. The third kappa shape index (κ3) is 2.99. The van der Waals surface area contributed by atoms with E-state index in [0.717, 1.165) is 42.0 Å².